The first kappa shape index (κ1) is 27.1. The van der Waals surface area contributed by atoms with E-state index in [1.54, 1.807) is 0 Å². The third kappa shape index (κ3) is 3.55. The van der Waals surface area contributed by atoms with E-state index in [0.29, 0.717) is 5.95 Å². The van der Waals surface area contributed by atoms with Crippen molar-refractivity contribution in [1.29, 1.82) is 0 Å². The van der Waals surface area contributed by atoms with Crippen molar-refractivity contribution < 1.29 is 0 Å². The van der Waals surface area contributed by atoms with Crippen LogP contribution in [-0.4, -0.2) is 19.5 Å². The van der Waals surface area contributed by atoms with E-state index in [4.69, 9.17) is 15.0 Å². The van der Waals surface area contributed by atoms with E-state index >= 15 is 0 Å². The van der Waals surface area contributed by atoms with Gasteiger partial charge in [0.1, 0.15) is 11.2 Å². The molecule has 230 valence electrons. The van der Waals surface area contributed by atoms with Crippen LogP contribution in [0.5, 0.6) is 0 Å². The molecule has 0 saturated carbocycles. The molecule has 0 aliphatic heterocycles. The number of pyridine rings is 1. The van der Waals surface area contributed by atoms with Gasteiger partial charge >= 0.3 is 0 Å². The van der Waals surface area contributed by atoms with Gasteiger partial charge in [-0.2, -0.15) is 0 Å². The van der Waals surface area contributed by atoms with E-state index in [1.807, 2.05) is 23.6 Å². The van der Waals surface area contributed by atoms with Crippen LogP contribution in [0.3, 0.4) is 0 Å². The lowest BCUT2D eigenvalue weighted by Gasteiger charge is -2.22. The summed E-state index contributed by atoms with van der Waals surface area (Å²) in [4.78, 5) is 15.6. The third-order valence-electron chi connectivity index (χ3n) is 10.6. The molecule has 0 amide bonds. The van der Waals surface area contributed by atoms with E-state index in [0.717, 1.165) is 33.3 Å². The Hall–Kier alpha value is -5.91. The van der Waals surface area contributed by atoms with Crippen molar-refractivity contribution in [2.24, 2.45) is 0 Å². The van der Waals surface area contributed by atoms with Gasteiger partial charge in [-0.25, -0.2) is 9.97 Å². The average molecular weight is 645 g/mol. The summed E-state index contributed by atoms with van der Waals surface area (Å²) in [6, 6.07) is 45.9. The van der Waals surface area contributed by atoms with Crippen LogP contribution >= 0.6 is 11.3 Å². The number of rotatable bonds is 2. The highest BCUT2D eigenvalue weighted by Gasteiger charge is 2.35. The second-order valence-corrected chi connectivity index (χ2v) is 14.7. The van der Waals surface area contributed by atoms with Gasteiger partial charge in [-0.3, -0.25) is 9.55 Å². The van der Waals surface area contributed by atoms with Gasteiger partial charge in [0, 0.05) is 53.5 Å². The minimum Gasteiger partial charge on any atom is -0.277 e. The molecule has 0 spiro atoms. The molecule has 6 aromatic carbocycles. The summed E-state index contributed by atoms with van der Waals surface area (Å²) in [5.41, 5.74) is 10.9. The predicted octanol–water partition coefficient (Wildman–Crippen LogP) is 11.6. The van der Waals surface area contributed by atoms with E-state index < -0.39 is 0 Å². The highest BCUT2D eigenvalue weighted by Crippen LogP contribution is 2.50. The first-order valence-electron chi connectivity index (χ1n) is 16.7. The first-order valence-corrected chi connectivity index (χ1v) is 17.5. The number of hydrogen-bond acceptors (Lipinski definition) is 4. The minimum atomic E-state index is -0.124. The molecule has 0 fully saturated rings. The summed E-state index contributed by atoms with van der Waals surface area (Å²) in [6.07, 6.45) is 1.84. The topological polar surface area (TPSA) is 43.6 Å². The molecule has 0 unspecified atom stereocenters. The summed E-state index contributed by atoms with van der Waals surface area (Å²) in [5.74, 6) is 0.650. The van der Waals surface area contributed by atoms with Gasteiger partial charge in [-0.15, -0.1) is 11.3 Å². The molecule has 0 saturated heterocycles. The maximum atomic E-state index is 5.48. The number of nitrogens with zero attached hydrogens (tertiary/aromatic N) is 4. The summed E-state index contributed by atoms with van der Waals surface area (Å²) >= 11 is 1.86. The summed E-state index contributed by atoms with van der Waals surface area (Å²) in [5, 5.41) is 7.45. The molecule has 0 atom stereocenters. The Labute approximate surface area is 286 Å². The molecule has 0 N–H and O–H groups in total. The predicted molar refractivity (Wildman–Crippen MR) is 205 cm³/mol. The van der Waals surface area contributed by atoms with E-state index in [9.17, 15) is 0 Å². The highest BCUT2D eigenvalue weighted by molar-refractivity contribution is 7.27. The quantitative estimate of drug-likeness (QED) is 0.188. The van der Waals surface area contributed by atoms with Gasteiger partial charge < -0.3 is 0 Å². The molecule has 49 heavy (non-hydrogen) atoms. The fourth-order valence-corrected chi connectivity index (χ4v) is 9.68. The van der Waals surface area contributed by atoms with Gasteiger partial charge in [-0.1, -0.05) is 111 Å². The molecule has 1 aliphatic carbocycles. The molecule has 4 aromatic heterocycles. The zero-order chi connectivity index (χ0) is 32.4. The highest BCUT2D eigenvalue weighted by atomic mass is 32.1. The minimum absolute atomic E-state index is 0.124. The Morgan fingerprint density at radius 3 is 2.24 bits per heavy atom. The molecule has 11 rings (SSSR count). The second kappa shape index (κ2) is 9.59. The van der Waals surface area contributed by atoms with Crippen molar-refractivity contribution >= 4 is 75.1 Å². The molecule has 0 bridgehead atoms. The lowest BCUT2D eigenvalue weighted by Crippen LogP contribution is -2.15. The van der Waals surface area contributed by atoms with Gasteiger partial charge in [0.15, 0.2) is 0 Å². The number of fused-ring (bicyclic) bond motifs is 14. The van der Waals surface area contributed by atoms with Crippen LogP contribution in [0.25, 0.3) is 92.1 Å². The monoisotopic (exact) mass is 644 g/mol. The van der Waals surface area contributed by atoms with E-state index in [2.05, 4.69) is 140 Å². The second-order valence-electron chi connectivity index (χ2n) is 13.6. The number of aromatic nitrogens is 4. The fraction of sp³-hybridized carbons (Fsp3) is 0.0682. The van der Waals surface area contributed by atoms with E-state index in [-0.39, 0.29) is 5.41 Å². The van der Waals surface area contributed by atoms with Crippen LogP contribution in [0.15, 0.2) is 134 Å². The molecule has 1 aliphatic rings. The standard InChI is InChI=1S/C44H28N4S/c1-44(2)32-17-8-5-12-26(32)27-22-21-25(24-33(27)44)39-40-34(18-11-23-45-40)46-43(47-39)48-35-19-9-6-15-30(35)37-28-13-3-4-14-29(28)42-38(41(37)48)31-16-7-10-20-36(31)49-42/h3-24H,1-2H3. The maximum absolute atomic E-state index is 5.48. The normalized spacial score (nSPS) is 13.7. The summed E-state index contributed by atoms with van der Waals surface area (Å²) in [7, 11) is 0. The molecule has 0 radical (unpaired) electrons. The zero-order valence-corrected chi connectivity index (χ0v) is 27.7. The molecule has 10 aromatic rings. The van der Waals surface area contributed by atoms with Gasteiger partial charge in [0.2, 0.25) is 5.95 Å². The summed E-state index contributed by atoms with van der Waals surface area (Å²) in [6.45, 7) is 4.64. The number of benzene rings is 6. The van der Waals surface area contributed by atoms with Crippen LogP contribution in [-0.2, 0) is 5.41 Å². The number of thiophene rings is 1. The van der Waals surface area contributed by atoms with Crippen molar-refractivity contribution in [2.45, 2.75) is 19.3 Å². The van der Waals surface area contributed by atoms with Crippen LogP contribution < -0.4 is 0 Å². The maximum Gasteiger partial charge on any atom is 0.235 e. The van der Waals surface area contributed by atoms with Crippen LogP contribution in [0, 0.1) is 0 Å². The lowest BCUT2D eigenvalue weighted by molar-refractivity contribution is 0.660. The Kier molecular flexibility index (Phi) is 5.30. The number of hydrogen-bond donors (Lipinski definition) is 0. The number of para-hydroxylation sites is 1. The average Bonchev–Trinajstić information content (AvgIpc) is 3.78. The lowest BCUT2D eigenvalue weighted by atomic mass is 9.82. The van der Waals surface area contributed by atoms with Crippen LogP contribution in [0.4, 0.5) is 0 Å². The van der Waals surface area contributed by atoms with Gasteiger partial charge in [0.25, 0.3) is 0 Å². The van der Waals surface area contributed by atoms with Crippen molar-refractivity contribution in [2.75, 3.05) is 0 Å². The Balaban J connectivity index is 1.28. The summed E-state index contributed by atoms with van der Waals surface area (Å²) < 4.78 is 4.87. The molecule has 4 heterocycles. The van der Waals surface area contributed by atoms with Crippen LogP contribution in [0.1, 0.15) is 25.0 Å². The van der Waals surface area contributed by atoms with Crippen LogP contribution in [0.2, 0.25) is 0 Å². The molecular formula is C44H28N4S. The van der Waals surface area contributed by atoms with Crippen molar-refractivity contribution in [3.8, 4) is 28.3 Å². The molecule has 4 nitrogen and oxygen atoms in total. The first-order chi connectivity index (χ1) is 24.1. The van der Waals surface area contributed by atoms with Gasteiger partial charge in [0.05, 0.1) is 16.6 Å². The zero-order valence-electron chi connectivity index (χ0n) is 26.9. The van der Waals surface area contributed by atoms with E-state index in [1.165, 1.54) is 64.0 Å². The fourth-order valence-electron chi connectivity index (χ4n) is 8.43. The Morgan fingerprint density at radius 1 is 0.612 bits per heavy atom. The smallest absolute Gasteiger partial charge is 0.235 e. The molecule has 5 heteroatoms. The Bertz CT molecular complexity index is 3040. The van der Waals surface area contributed by atoms with Crippen molar-refractivity contribution in [1.82, 2.24) is 19.5 Å². The molecular weight excluding hydrogens is 617 g/mol. The SMILES string of the molecule is CC1(C)c2ccccc2-c2ccc(-c3nc(-n4c5ccccc5c5c6ccccc6c6sc7ccccc7c6c54)nc4cccnc34)cc21. The largest absolute Gasteiger partial charge is 0.277 e. The third-order valence-corrected chi connectivity index (χ3v) is 11.9. The van der Waals surface area contributed by atoms with Gasteiger partial charge in [-0.05, 0) is 58.0 Å². The Morgan fingerprint density at radius 2 is 1.35 bits per heavy atom. The van der Waals surface area contributed by atoms with Crippen molar-refractivity contribution in [3.63, 3.8) is 0 Å². The van der Waals surface area contributed by atoms with Crippen molar-refractivity contribution in [3.05, 3.63) is 145 Å².